The lowest BCUT2D eigenvalue weighted by molar-refractivity contribution is -0.149. The molecule has 3 aromatic rings. The number of rotatable bonds is 7. The highest BCUT2D eigenvalue weighted by Gasteiger charge is 2.30. The van der Waals surface area contributed by atoms with Crippen LogP contribution in [0.15, 0.2) is 77.3 Å². The molecule has 1 N–H and O–H groups in total. The van der Waals surface area contributed by atoms with Crippen LogP contribution < -0.4 is 5.32 Å². The van der Waals surface area contributed by atoms with Crippen molar-refractivity contribution >= 4 is 28.0 Å². The van der Waals surface area contributed by atoms with Gasteiger partial charge in [0.05, 0.1) is 6.10 Å². The Kier molecular flexibility index (Phi) is 7.14. The Morgan fingerprint density at radius 2 is 1.48 bits per heavy atom. The number of carbonyl (C=O) groups excluding carboxylic acids is 2. The van der Waals surface area contributed by atoms with Gasteiger partial charge in [-0.2, -0.15) is 0 Å². The molecule has 6 heteroatoms. The van der Waals surface area contributed by atoms with E-state index in [2.05, 4.69) is 45.5 Å². The summed E-state index contributed by atoms with van der Waals surface area (Å²) >= 11 is 3.41. The molecule has 0 spiro atoms. The molecule has 1 amide bonds. The van der Waals surface area contributed by atoms with Crippen molar-refractivity contribution in [3.8, 4) is 11.1 Å². The Balaban J connectivity index is 1.45. The molecule has 1 aliphatic rings. The Labute approximate surface area is 202 Å². The highest BCUT2D eigenvalue weighted by molar-refractivity contribution is 9.10. The third-order valence-corrected chi connectivity index (χ3v) is 6.15. The van der Waals surface area contributed by atoms with E-state index in [0.717, 1.165) is 32.3 Å². The maximum Gasteiger partial charge on any atom is 0.407 e. The molecule has 0 saturated carbocycles. The minimum Gasteiger partial charge on any atom is -0.461 e. The number of esters is 1. The molecule has 0 fully saturated rings. The molecule has 1 unspecified atom stereocenters. The lowest BCUT2D eigenvalue weighted by atomic mass is 9.98. The lowest BCUT2D eigenvalue weighted by Gasteiger charge is -2.20. The molecule has 1 aliphatic carbocycles. The number of halogens is 1. The van der Waals surface area contributed by atoms with E-state index in [4.69, 9.17) is 9.47 Å². The van der Waals surface area contributed by atoms with E-state index in [-0.39, 0.29) is 18.6 Å². The summed E-state index contributed by atoms with van der Waals surface area (Å²) in [6.07, 6.45) is -0.614. The standard InChI is InChI=1S/C27H26BrNO4/c1-17(2)33-26(30)25(15-18-11-13-19(28)14-12-18)29-27(31)32-16-24-22-9-5-3-7-20(22)21-8-4-6-10-23(21)24/h3-14,17,24-25H,15-16H2,1-2H3,(H,29,31). The fourth-order valence-corrected chi connectivity index (χ4v) is 4.41. The van der Waals surface area contributed by atoms with Crippen LogP contribution in [0.3, 0.4) is 0 Å². The van der Waals surface area contributed by atoms with Gasteiger partial charge in [-0.25, -0.2) is 9.59 Å². The molecule has 0 aromatic heterocycles. The summed E-state index contributed by atoms with van der Waals surface area (Å²) in [5.74, 6) is -0.530. The highest BCUT2D eigenvalue weighted by Crippen LogP contribution is 2.44. The van der Waals surface area contributed by atoms with Gasteiger partial charge in [-0.05, 0) is 53.8 Å². The Morgan fingerprint density at radius 3 is 2.06 bits per heavy atom. The predicted octanol–water partition coefficient (Wildman–Crippen LogP) is 5.85. The number of hydrogen-bond acceptors (Lipinski definition) is 4. The van der Waals surface area contributed by atoms with Crippen molar-refractivity contribution in [2.45, 2.75) is 38.3 Å². The van der Waals surface area contributed by atoms with Crippen LogP contribution in [-0.4, -0.2) is 30.8 Å². The lowest BCUT2D eigenvalue weighted by Crippen LogP contribution is -2.44. The molecule has 1 atom stereocenters. The van der Waals surface area contributed by atoms with Gasteiger partial charge in [0, 0.05) is 16.8 Å². The number of fused-ring (bicyclic) bond motifs is 3. The zero-order chi connectivity index (χ0) is 23.4. The van der Waals surface area contributed by atoms with Crippen LogP contribution in [0, 0.1) is 0 Å². The van der Waals surface area contributed by atoms with Gasteiger partial charge >= 0.3 is 12.1 Å². The molecule has 33 heavy (non-hydrogen) atoms. The molecule has 0 saturated heterocycles. The first-order valence-electron chi connectivity index (χ1n) is 11.0. The molecule has 5 nitrogen and oxygen atoms in total. The van der Waals surface area contributed by atoms with Crippen LogP contribution in [0.2, 0.25) is 0 Å². The second kappa shape index (κ2) is 10.2. The van der Waals surface area contributed by atoms with E-state index in [1.54, 1.807) is 13.8 Å². The topological polar surface area (TPSA) is 64.6 Å². The molecule has 170 valence electrons. The summed E-state index contributed by atoms with van der Waals surface area (Å²) in [5.41, 5.74) is 5.50. The second-order valence-electron chi connectivity index (χ2n) is 8.34. The predicted molar refractivity (Wildman–Crippen MR) is 131 cm³/mol. The Bertz CT molecular complexity index is 1100. The molecule has 0 bridgehead atoms. The smallest absolute Gasteiger partial charge is 0.407 e. The van der Waals surface area contributed by atoms with E-state index >= 15 is 0 Å². The summed E-state index contributed by atoms with van der Waals surface area (Å²) in [7, 11) is 0. The van der Waals surface area contributed by atoms with Crippen LogP contribution in [-0.2, 0) is 20.7 Å². The van der Waals surface area contributed by atoms with Gasteiger partial charge in [0.15, 0.2) is 0 Å². The third-order valence-electron chi connectivity index (χ3n) is 5.63. The molecule has 4 rings (SSSR count). The Hall–Kier alpha value is -3.12. The minimum atomic E-state index is -0.843. The number of hydrogen-bond donors (Lipinski definition) is 1. The van der Waals surface area contributed by atoms with Crippen LogP contribution >= 0.6 is 15.9 Å². The van der Waals surface area contributed by atoms with E-state index in [1.807, 2.05) is 48.5 Å². The molecule has 0 radical (unpaired) electrons. The maximum absolute atomic E-state index is 12.7. The first kappa shape index (κ1) is 23.1. The van der Waals surface area contributed by atoms with Crippen LogP contribution in [0.4, 0.5) is 4.79 Å². The monoisotopic (exact) mass is 507 g/mol. The van der Waals surface area contributed by atoms with Crippen molar-refractivity contribution in [1.29, 1.82) is 0 Å². The average molecular weight is 508 g/mol. The highest BCUT2D eigenvalue weighted by atomic mass is 79.9. The van der Waals surface area contributed by atoms with Crippen molar-refractivity contribution in [2.24, 2.45) is 0 Å². The van der Waals surface area contributed by atoms with Crippen LogP contribution in [0.1, 0.15) is 36.5 Å². The molecular weight excluding hydrogens is 482 g/mol. The van der Waals surface area contributed by atoms with Gasteiger partial charge in [0.2, 0.25) is 0 Å². The Morgan fingerprint density at radius 1 is 0.909 bits per heavy atom. The van der Waals surface area contributed by atoms with Crippen molar-refractivity contribution < 1.29 is 19.1 Å². The number of carbonyl (C=O) groups is 2. The summed E-state index contributed by atoms with van der Waals surface area (Å²) in [6, 6.07) is 23.1. The van der Waals surface area contributed by atoms with Crippen LogP contribution in [0.5, 0.6) is 0 Å². The van der Waals surface area contributed by atoms with Crippen molar-refractivity contribution in [3.05, 3.63) is 94.0 Å². The second-order valence-corrected chi connectivity index (χ2v) is 9.25. The van der Waals surface area contributed by atoms with Gasteiger partial charge in [-0.15, -0.1) is 0 Å². The molecule has 0 heterocycles. The summed E-state index contributed by atoms with van der Waals surface area (Å²) in [6.45, 7) is 3.74. The molecular formula is C27H26BrNO4. The van der Waals surface area contributed by atoms with Crippen molar-refractivity contribution in [3.63, 3.8) is 0 Å². The van der Waals surface area contributed by atoms with E-state index in [1.165, 1.54) is 0 Å². The van der Waals surface area contributed by atoms with E-state index in [9.17, 15) is 9.59 Å². The minimum absolute atomic E-state index is 0.0457. The molecule has 0 aliphatic heterocycles. The number of alkyl carbamates (subject to hydrolysis) is 1. The van der Waals surface area contributed by atoms with Gasteiger partial charge in [-0.1, -0.05) is 76.6 Å². The first-order chi connectivity index (χ1) is 15.9. The number of amides is 1. The van der Waals surface area contributed by atoms with Crippen molar-refractivity contribution in [2.75, 3.05) is 6.61 Å². The number of benzene rings is 3. The SMILES string of the molecule is CC(C)OC(=O)C(Cc1ccc(Br)cc1)NC(=O)OCC1c2ccccc2-c2ccccc21. The number of nitrogens with one attached hydrogen (secondary N) is 1. The van der Waals surface area contributed by atoms with E-state index < -0.39 is 18.1 Å². The summed E-state index contributed by atoms with van der Waals surface area (Å²) in [5, 5.41) is 2.71. The number of ether oxygens (including phenoxy) is 2. The third kappa shape index (κ3) is 5.45. The van der Waals surface area contributed by atoms with Gasteiger partial charge in [0.1, 0.15) is 12.6 Å². The summed E-state index contributed by atoms with van der Waals surface area (Å²) in [4.78, 5) is 25.4. The zero-order valence-corrected chi connectivity index (χ0v) is 20.2. The molecule has 3 aromatic carbocycles. The van der Waals surface area contributed by atoms with Crippen LogP contribution in [0.25, 0.3) is 11.1 Å². The van der Waals surface area contributed by atoms with Crippen molar-refractivity contribution in [1.82, 2.24) is 5.32 Å². The fourth-order valence-electron chi connectivity index (χ4n) is 4.15. The average Bonchev–Trinajstić information content (AvgIpc) is 3.12. The van der Waals surface area contributed by atoms with Gasteiger partial charge < -0.3 is 14.8 Å². The summed E-state index contributed by atoms with van der Waals surface area (Å²) < 4.78 is 11.9. The van der Waals surface area contributed by atoms with Gasteiger partial charge in [0.25, 0.3) is 0 Å². The van der Waals surface area contributed by atoms with E-state index in [0.29, 0.717) is 6.42 Å². The fraction of sp³-hybridized carbons (Fsp3) is 0.259. The van der Waals surface area contributed by atoms with Gasteiger partial charge in [-0.3, -0.25) is 0 Å². The maximum atomic E-state index is 12.7. The largest absolute Gasteiger partial charge is 0.461 e. The zero-order valence-electron chi connectivity index (χ0n) is 18.6. The first-order valence-corrected chi connectivity index (χ1v) is 11.8. The normalized spacial score (nSPS) is 13.2. The quantitative estimate of drug-likeness (QED) is 0.407.